The average Bonchev–Trinajstić information content (AvgIpc) is 3.68. The van der Waals surface area contributed by atoms with E-state index in [4.69, 9.17) is 4.74 Å². The molecule has 10 aromatic rings. The van der Waals surface area contributed by atoms with Crippen molar-refractivity contribution in [1.29, 1.82) is 0 Å². The Morgan fingerprint density at radius 1 is 0.500 bits per heavy atom. The standard InChI is InChI=1S/C56H37NO/c1-2-15-37(16-3-1)52-42-22-8-10-24-44(42)54(45-25-11-9-23-43(45)52)47-27-13-29-51-56(47)55-46(26-12-28-50(55)58-51)53-40-20-6-4-18-38(40)48(39-19-5-7-21-41(39)53)33-35-30-31-36-17-14-32-57-49(36)34-35/h1-27,29-32,34,50H,28,33H2. The maximum atomic E-state index is 6.99. The minimum atomic E-state index is -0.0837. The van der Waals surface area contributed by atoms with Crippen molar-refractivity contribution in [2.45, 2.75) is 18.9 Å². The number of allylic oxidation sites excluding steroid dienone is 2. The molecule has 12 rings (SSSR count). The second-order valence-corrected chi connectivity index (χ2v) is 15.6. The van der Waals surface area contributed by atoms with E-state index < -0.39 is 0 Å². The van der Waals surface area contributed by atoms with Gasteiger partial charge in [-0.15, -0.1) is 0 Å². The third-order valence-corrected chi connectivity index (χ3v) is 12.4. The lowest BCUT2D eigenvalue weighted by atomic mass is 9.79. The quantitative estimate of drug-likeness (QED) is 0.164. The molecule has 0 fully saturated rings. The molecule has 58 heavy (non-hydrogen) atoms. The van der Waals surface area contributed by atoms with Crippen LogP contribution in [0.4, 0.5) is 0 Å². The Hall–Kier alpha value is -7.29. The summed E-state index contributed by atoms with van der Waals surface area (Å²) in [6.07, 6.45) is 8.12. The summed E-state index contributed by atoms with van der Waals surface area (Å²) in [6.45, 7) is 0. The predicted molar refractivity (Wildman–Crippen MR) is 243 cm³/mol. The molecule has 0 saturated heterocycles. The fraction of sp³-hybridized carbons (Fsp3) is 0.0536. The molecule has 0 amide bonds. The Bertz CT molecular complexity index is 3260. The number of fused-ring (bicyclic) bond motifs is 8. The van der Waals surface area contributed by atoms with Crippen LogP contribution in [0, 0.1) is 0 Å². The van der Waals surface area contributed by atoms with Gasteiger partial charge in [0.2, 0.25) is 0 Å². The zero-order valence-electron chi connectivity index (χ0n) is 31.8. The summed E-state index contributed by atoms with van der Waals surface area (Å²) >= 11 is 0. The van der Waals surface area contributed by atoms with Gasteiger partial charge in [0.15, 0.2) is 0 Å². The van der Waals surface area contributed by atoms with Gasteiger partial charge in [0.05, 0.1) is 5.52 Å². The summed E-state index contributed by atoms with van der Waals surface area (Å²) in [6, 6.07) is 64.3. The lowest BCUT2D eigenvalue weighted by Crippen LogP contribution is -2.15. The average molecular weight is 740 g/mol. The Labute approximate surface area is 337 Å². The molecule has 0 radical (unpaired) electrons. The molecular weight excluding hydrogens is 703 g/mol. The zero-order chi connectivity index (χ0) is 38.2. The smallest absolute Gasteiger partial charge is 0.129 e. The molecule has 1 aliphatic heterocycles. The molecule has 2 nitrogen and oxygen atoms in total. The van der Waals surface area contributed by atoms with Gasteiger partial charge in [-0.2, -0.15) is 0 Å². The molecule has 0 saturated carbocycles. The molecular formula is C56H37NO. The molecule has 2 heteroatoms. The minimum Gasteiger partial charge on any atom is -0.485 e. The van der Waals surface area contributed by atoms with Crippen LogP contribution in [-0.4, -0.2) is 11.1 Å². The maximum Gasteiger partial charge on any atom is 0.129 e. The second-order valence-electron chi connectivity index (χ2n) is 15.6. The molecule has 2 aliphatic rings. The van der Waals surface area contributed by atoms with Gasteiger partial charge in [-0.05, 0) is 112 Å². The first-order valence-electron chi connectivity index (χ1n) is 20.3. The van der Waals surface area contributed by atoms with E-state index in [0.29, 0.717) is 0 Å². The summed E-state index contributed by atoms with van der Waals surface area (Å²) in [4.78, 5) is 4.69. The molecule has 2 heterocycles. The number of rotatable bonds is 5. The number of ether oxygens (including phenoxy) is 1. The van der Waals surface area contributed by atoms with Gasteiger partial charge in [-0.3, -0.25) is 4.98 Å². The third-order valence-electron chi connectivity index (χ3n) is 12.4. The summed E-state index contributed by atoms with van der Waals surface area (Å²) in [7, 11) is 0. The maximum absolute atomic E-state index is 6.99. The van der Waals surface area contributed by atoms with Crippen molar-refractivity contribution < 1.29 is 4.74 Å². The van der Waals surface area contributed by atoms with Crippen LogP contribution in [-0.2, 0) is 6.42 Å². The van der Waals surface area contributed by atoms with E-state index in [2.05, 4.69) is 187 Å². The van der Waals surface area contributed by atoms with E-state index in [1.165, 1.54) is 98.7 Å². The van der Waals surface area contributed by atoms with Crippen molar-refractivity contribution in [2.24, 2.45) is 0 Å². The third kappa shape index (κ3) is 5.01. The second kappa shape index (κ2) is 13.1. The molecule has 1 aromatic heterocycles. The molecule has 1 aliphatic carbocycles. The zero-order valence-corrected chi connectivity index (χ0v) is 31.8. The minimum absolute atomic E-state index is 0.0837. The van der Waals surface area contributed by atoms with Crippen LogP contribution < -0.4 is 4.74 Å². The first kappa shape index (κ1) is 32.9. The monoisotopic (exact) mass is 739 g/mol. The number of hydrogen-bond acceptors (Lipinski definition) is 2. The van der Waals surface area contributed by atoms with Gasteiger partial charge < -0.3 is 4.74 Å². The van der Waals surface area contributed by atoms with Crippen molar-refractivity contribution in [3.05, 3.63) is 217 Å². The Balaban J connectivity index is 1.13. The first-order valence-corrected chi connectivity index (χ1v) is 20.3. The highest BCUT2D eigenvalue weighted by Crippen LogP contribution is 2.54. The van der Waals surface area contributed by atoms with E-state index in [0.717, 1.165) is 29.5 Å². The fourth-order valence-electron chi connectivity index (χ4n) is 10.0. The molecule has 272 valence electrons. The van der Waals surface area contributed by atoms with Crippen molar-refractivity contribution >= 4 is 65.1 Å². The topological polar surface area (TPSA) is 22.1 Å². The van der Waals surface area contributed by atoms with Crippen molar-refractivity contribution in [3.8, 4) is 28.0 Å². The van der Waals surface area contributed by atoms with E-state index in [-0.39, 0.29) is 6.10 Å². The van der Waals surface area contributed by atoms with E-state index >= 15 is 0 Å². The van der Waals surface area contributed by atoms with Gasteiger partial charge in [-0.25, -0.2) is 0 Å². The number of benzene rings is 9. The van der Waals surface area contributed by atoms with Gasteiger partial charge in [0.25, 0.3) is 0 Å². The van der Waals surface area contributed by atoms with E-state index in [9.17, 15) is 0 Å². The fourth-order valence-corrected chi connectivity index (χ4v) is 10.0. The molecule has 1 atom stereocenters. The molecule has 0 N–H and O–H groups in total. The summed E-state index contributed by atoms with van der Waals surface area (Å²) in [5, 5.41) is 11.2. The number of hydrogen-bond donors (Lipinski definition) is 0. The van der Waals surface area contributed by atoms with Gasteiger partial charge >= 0.3 is 0 Å². The molecule has 0 spiro atoms. The van der Waals surface area contributed by atoms with E-state index in [1.54, 1.807) is 0 Å². The van der Waals surface area contributed by atoms with Crippen LogP contribution in [0.25, 0.3) is 87.4 Å². The molecule has 0 bridgehead atoms. The first-order chi connectivity index (χ1) is 28.8. The Morgan fingerprint density at radius 2 is 1.10 bits per heavy atom. The van der Waals surface area contributed by atoms with Gasteiger partial charge in [0.1, 0.15) is 11.9 Å². The van der Waals surface area contributed by atoms with Crippen molar-refractivity contribution in [1.82, 2.24) is 4.98 Å². The van der Waals surface area contributed by atoms with Crippen molar-refractivity contribution in [2.75, 3.05) is 0 Å². The van der Waals surface area contributed by atoms with Crippen LogP contribution in [0.3, 0.4) is 0 Å². The largest absolute Gasteiger partial charge is 0.485 e. The van der Waals surface area contributed by atoms with E-state index in [1.807, 2.05) is 12.3 Å². The highest BCUT2D eigenvalue weighted by Gasteiger charge is 2.36. The van der Waals surface area contributed by atoms with Gasteiger partial charge in [-0.1, -0.05) is 170 Å². The SMILES string of the molecule is C1=CC(c2c3ccccc3c(Cc3ccc4cccnc4c3)c3ccccc23)=C2c3c(cccc3-c3c4ccccc4c(-c4ccccc4)c4ccccc34)OC2C1. The van der Waals surface area contributed by atoms with Crippen LogP contribution >= 0.6 is 0 Å². The lowest BCUT2D eigenvalue weighted by Gasteiger charge is -2.24. The summed E-state index contributed by atoms with van der Waals surface area (Å²) in [5.41, 5.74) is 13.6. The Morgan fingerprint density at radius 3 is 1.78 bits per heavy atom. The number of nitrogens with zero attached hydrogens (tertiary/aromatic N) is 1. The number of pyridine rings is 1. The van der Waals surface area contributed by atoms with Gasteiger partial charge in [0, 0.05) is 29.1 Å². The summed E-state index contributed by atoms with van der Waals surface area (Å²) in [5.74, 6) is 0.953. The van der Waals surface area contributed by atoms with Crippen LogP contribution in [0.2, 0.25) is 0 Å². The molecule has 1 unspecified atom stereocenters. The highest BCUT2D eigenvalue weighted by molar-refractivity contribution is 6.24. The predicted octanol–water partition coefficient (Wildman–Crippen LogP) is 14.4. The Kier molecular flexibility index (Phi) is 7.46. The number of aromatic nitrogens is 1. The molecule has 9 aromatic carbocycles. The summed E-state index contributed by atoms with van der Waals surface area (Å²) < 4.78 is 6.99. The highest BCUT2D eigenvalue weighted by atomic mass is 16.5. The van der Waals surface area contributed by atoms with Crippen LogP contribution in [0.5, 0.6) is 5.75 Å². The van der Waals surface area contributed by atoms with Crippen molar-refractivity contribution in [3.63, 3.8) is 0 Å². The van der Waals surface area contributed by atoms with Crippen LogP contribution in [0.15, 0.2) is 194 Å². The van der Waals surface area contributed by atoms with Crippen LogP contribution in [0.1, 0.15) is 28.7 Å². The normalized spacial score (nSPS) is 14.7. The lowest BCUT2D eigenvalue weighted by molar-refractivity contribution is 0.279.